The standard InChI is InChI=1S/C25H25Cl2N3O5S2/c26-20-6-4-18(5-7-20)17-36(32,33)30-14-12-19(13-15-30)25(31)28-22-8-10-24(11-9-22)37(34,35)29-23-3-1-2-21(27)16-23/h1-11,16,19,29H,12-15,17H2,(H,28,31). The summed E-state index contributed by atoms with van der Waals surface area (Å²) in [7, 11) is -7.34. The zero-order valence-corrected chi connectivity index (χ0v) is 22.7. The lowest BCUT2D eigenvalue weighted by molar-refractivity contribution is -0.120. The third-order valence-corrected chi connectivity index (χ3v) is 9.72. The second-order valence-electron chi connectivity index (χ2n) is 8.69. The van der Waals surface area contributed by atoms with Crippen molar-refractivity contribution < 1.29 is 21.6 Å². The molecule has 196 valence electrons. The van der Waals surface area contributed by atoms with Crippen LogP contribution >= 0.6 is 23.2 Å². The molecule has 0 spiro atoms. The Bertz CT molecular complexity index is 1470. The maximum Gasteiger partial charge on any atom is 0.261 e. The van der Waals surface area contributed by atoms with Crippen molar-refractivity contribution in [1.29, 1.82) is 0 Å². The van der Waals surface area contributed by atoms with E-state index in [1.54, 1.807) is 42.5 Å². The molecule has 12 heteroatoms. The Labute approximate surface area is 226 Å². The Morgan fingerprint density at radius 3 is 2.11 bits per heavy atom. The van der Waals surface area contributed by atoms with Crippen LogP contribution in [0.2, 0.25) is 10.0 Å². The van der Waals surface area contributed by atoms with Crippen LogP contribution in [0.1, 0.15) is 18.4 Å². The van der Waals surface area contributed by atoms with Crippen molar-refractivity contribution >= 4 is 60.5 Å². The van der Waals surface area contributed by atoms with E-state index in [2.05, 4.69) is 10.0 Å². The highest BCUT2D eigenvalue weighted by Gasteiger charge is 2.31. The van der Waals surface area contributed by atoms with E-state index in [1.807, 2.05) is 0 Å². The van der Waals surface area contributed by atoms with Crippen molar-refractivity contribution in [3.63, 3.8) is 0 Å². The average molecular weight is 583 g/mol. The molecule has 1 amide bonds. The molecule has 1 saturated heterocycles. The number of anilines is 2. The van der Waals surface area contributed by atoms with Crippen LogP contribution < -0.4 is 10.0 Å². The molecule has 0 saturated carbocycles. The smallest absolute Gasteiger partial charge is 0.261 e. The number of benzene rings is 3. The summed E-state index contributed by atoms with van der Waals surface area (Å²) in [6.45, 7) is 0.501. The zero-order chi connectivity index (χ0) is 26.6. The van der Waals surface area contributed by atoms with Gasteiger partial charge in [-0.3, -0.25) is 9.52 Å². The van der Waals surface area contributed by atoms with Crippen LogP contribution in [-0.4, -0.2) is 40.1 Å². The van der Waals surface area contributed by atoms with Crippen molar-refractivity contribution in [2.75, 3.05) is 23.1 Å². The van der Waals surface area contributed by atoms with Gasteiger partial charge < -0.3 is 5.32 Å². The van der Waals surface area contributed by atoms with Crippen molar-refractivity contribution in [3.05, 3.63) is 88.4 Å². The number of carbonyl (C=O) groups excluding carboxylic acids is 1. The van der Waals surface area contributed by atoms with Crippen LogP contribution in [0.4, 0.5) is 11.4 Å². The number of carbonyl (C=O) groups is 1. The minimum Gasteiger partial charge on any atom is -0.326 e. The van der Waals surface area contributed by atoms with E-state index in [0.29, 0.717) is 39.8 Å². The normalized spacial score (nSPS) is 15.3. The largest absolute Gasteiger partial charge is 0.326 e. The molecule has 0 aromatic heterocycles. The first kappa shape index (κ1) is 27.4. The van der Waals surface area contributed by atoms with E-state index in [-0.39, 0.29) is 35.6 Å². The Morgan fingerprint density at radius 1 is 0.838 bits per heavy atom. The summed E-state index contributed by atoms with van der Waals surface area (Å²) >= 11 is 11.8. The number of hydrogen-bond donors (Lipinski definition) is 2. The van der Waals surface area contributed by atoms with Crippen LogP contribution in [0, 0.1) is 5.92 Å². The van der Waals surface area contributed by atoms with Gasteiger partial charge in [0, 0.05) is 34.7 Å². The minimum absolute atomic E-state index is 0.0321. The van der Waals surface area contributed by atoms with Gasteiger partial charge in [-0.05, 0) is 73.0 Å². The first-order valence-corrected chi connectivity index (χ1v) is 15.3. The topological polar surface area (TPSA) is 113 Å². The Balaban J connectivity index is 1.31. The zero-order valence-electron chi connectivity index (χ0n) is 19.6. The third-order valence-electron chi connectivity index (χ3n) is 5.99. The molecule has 37 heavy (non-hydrogen) atoms. The highest BCUT2D eigenvalue weighted by atomic mass is 35.5. The van der Waals surface area contributed by atoms with Crippen molar-refractivity contribution in [1.82, 2.24) is 4.31 Å². The summed E-state index contributed by atoms with van der Waals surface area (Å²) in [5.41, 5.74) is 1.44. The van der Waals surface area contributed by atoms with Crippen LogP contribution in [0.3, 0.4) is 0 Å². The number of amides is 1. The van der Waals surface area contributed by atoms with E-state index in [9.17, 15) is 21.6 Å². The SMILES string of the molecule is O=C(Nc1ccc(S(=O)(=O)Nc2cccc(Cl)c2)cc1)C1CCN(S(=O)(=O)Cc2ccc(Cl)cc2)CC1. The van der Waals surface area contributed by atoms with Gasteiger partial charge in [0.15, 0.2) is 0 Å². The number of sulfonamides is 2. The maximum absolute atomic E-state index is 12.8. The van der Waals surface area contributed by atoms with E-state index >= 15 is 0 Å². The van der Waals surface area contributed by atoms with Crippen molar-refractivity contribution in [3.8, 4) is 0 Å². The predicted molar refractivity (Wildman–Crippen MR) is 146 cm³/mol. The van der Waals surface area contributed by atoms with Crippen LogP contribution in [0.5, 0.6) is 0 Å². The molecule has 1 heterocycles. The van der Waals surface area contributed by atoms with Gasteiger partial charge in [0.25, 0.3) is 10.0 Å². The van der Waals surface area contributed by atoms with Gasteiger partial charge >= 0.3 is 0 Å². The second kappa shape index (κ2) is 11.4. The van der Waals surface area contributed by atoms with Crippen LogP contribution in [0.25, 0.3) is 0 Å². The molecule has 3 aromatic rings. The summed E-state index contributed by atoms with van der Waals surface area (Å²) in [5, 5.41) is 3.74. The Hall–Kier alpha value is -2.63. The second-order valence-corrected chi connectivity index (χ2v) is 13.2. The lowest BCUT2D eigenvalue weighted by atomic mass is 9.97. The van der Waals surface area contributed by atoms with Gasteiger partial charge in [-0.2, -0.15) is 0 Å². The number of hydrogen-bond acceptors (Lipinski definition) is 5. The maximum atomic E-state index is 12.8. The molecule has 0 atom stereocenters. The Morgan fingerprint density at radius 2 is 1.49 bits per heavy atom. The van der Waals surface area contributed by atoms with Gasteiger partial charge in [-0.15, -0.1) is 0 Å². The van der Waals surface area contributed by atoms with E-state index in [4.69, 9.17) is 23.2 Å². The van der Waals surface area contributed by atoms with Gasteiger partial charge in [0.05, 0.1) is 16.3 Å². The van der Waals surface area contributed by atoms with Crippen LogP contribution in [-0.2, 0) is 30.6 Å². The highest BCUT2D eigenvalue weighted by Crippen LogP contribution is 2.25. The average Bonchev–Trinajstić information content (AvgIpc) is 2.85. The molecule has 2 N–H and O–H groups in total. The Kier molecular flexibility index (Phi) is 8.45. The predicted octanol–water partition coefficient (Wildman–Crippen LogP) is 4.97. The first-order valence-electron chi connectivity index (χ1n) is 11.4. The molecule has 1 aliphatic rings. The van der Waals surface area contributed by atoms with Gasteiger partial charge in [0.1, 0.15) is 0 Å². The van der Waals surface area contributed by atoms with E-state index in [1.165, 1.54) is 34.6 Å². The summed E-state index contributed by atoms with van der Waals surface area (Å²) in [5.74, 6) is -0.708. The lowest BCUT2D eigenvalue weighted by Crippen LogP contribution is -2.41. The van der Waals surface area contributed by atoms with E-state index in [0.717, 1.165) is 0 Å². The number of nitrogens with one attached hydrogen (secondary N) is 2. The number of halogens is 2. The highest BCUT2D eigenvalue weighted by molar-refractivity contribution is 7.92. The fourth-order valence-electron chi connectivity index (χ4n) is 4.01. The van der Waals surface area contributed by atoms with Gasteiger partial charge in [0.2, 0.25) is 15.9 Å². The van der Waals surface area contributed by atoms with Crippen molar-refractivity contribution in [2.24, 2.45) is 5.92 Å². The van der Waals surface area contributed by atoms with E-state index < -0.39 is 20.0 Å². The molecule has 0 radical (unpaired) electrons. The quantitative estimate of drug-likeness (QED) is 0.389. The molecular weight excluding hydrogens is 557 g/mol. The molecule has 1 aliphatic heterocycles. The summed E-state index contributed by atoms with van der Waals surface area (Å²) in [6.07, 6.45) is 0.781. The third kappa shape index (κ3) is 7.24. The molecule has 1 fully saturated rings. The fourth-order valence-corrected chi connectivity index (χ4v) is 6.94. The minimum atomic E-state index is -3.83. The summed E-state index contributed by atoms with van der Waals surface area (Å²) in [6, 6.07) is 18.9. The summed E-state index contributed by atoms with van der Waals surface area (Å²) < 4.78 is 54.7. The molecule has 0 bridgehead atoms. The monoisotopic (exact) mass is 581 g/mol. The lowest BCUT2D eigenvalue weighted by Gasteiger charge is -2.30. The fraction of sp³-hybridized carbons (Fsp3) is 0.240. The number of piperidine rings is 1. The molecule has 3 aromatic carbocycles. The van der Waals surface area contributed by atoms with Gasteiger partial charge in [-0.1, -0.05) is 41.4 Å². The first-order chi connectivity index (χ1) is 17.5. The number of nitrogens with zero attached hydrogens (tertiary/aromatic N) is 1. The molecule has 0 aliphatic carbocycles. The van der Waals surface area contributed by atoms with Crippen molar-refractivity contribution in [2.45, 2.75) is 23.5 Å². The molecule has 8 nitrogen and oxygen atoms in total. The van der Waals surface area contributed by atoms with Gasteiger partial charge in [-0.25, -0.2) is 21.1 Å². The molecule has 4 rings (SSSR count). The molecular formula is C25H25Cl2N3O5S2. The van der Waals surface area contributed by atoms with Crippen LogP contribution in [0.15, 0.2) is 77.7 Å². The summed E-state index contributed by atoms with van der Waals surface area (Å²) in [4.78, 5) is 12.8. The number of rotatable bonds is 8. The molecule has 0 unspecified atom stereocenters.